The molecular weight excluding hydrogens is 326 g/mol. The van der Waals surface area contributed by atoms with Crippen LogP contribution >= 0.6 is 0 Å². The van der Waals surface area contributed by atoms with Crippen LogP contribution in [0.3, 0.4) is 0 Å². The van der Waals surface area contributed by atoms with Crippen molar-refractivity contribution in [3.05, 3.63) is 35.4 Å². The Hall–Kier alpha value is -1.04. The largest absolute Gasteiger partial charge is 0.385 e. The highest BCUT2D eigenvalue weighted by Crippen LogP contribution is 2.48. The topological polar surface area (TPSA) is 38.7 Å². The molecule has 3 aliphatic rings. The summed E-state index contributed by atoms with van der Waals surface area (Å²) in [7, 11) is 0. The van der Waals surface area contributed by atoms with E-state index in [9.17, 15) is 13.9 Å². The molecule has 0 radical (unpaired) electrons. The van der Waals surface area contributed by atoms with Crippen LogP contribution in [0.2, 0.25) is 0 Å². The van der Waals surface area contributed by atoms with Gasteiger partial charge >= 0.3 is 0 Å². The van der Waals surface area contributed by atoms with E-state index in [0.717, 1.165) is 44.6 Å². The summed E-state index contributed by atoms with van der Waals surface area (Å²) in [6.45, 7) is 1.39. The summed E-state index contributed by atoms with van der Waals surface area (Å²) in [6.07, 6.45) is 6.74. The van der Waals surface area contributed by atoms with Crippen molar-refractivity contribution in [3.63, 3.8) is 0 Å². The highest BCUT2D eigenvalue weighted by atomic mass is 19.2. The monoisotopic (exact) mass is 352 g/mol. The van der Waals surface area contributed by atoms with Gasteiger partial charge in [0.05, 0.1) is 18.8 Å². The Morgan fingerprint density at radius 2 is 1.44 bits per heavy atom. The number of rotatable bonds is 2. The van der Waals surface area contributed by atoms with Gasteiger partial charge < -0.3 is 14.6 Å². The van der Waals surface area contributed by atoms with Gasteiger partial charge in [-0.3, -0.25) is 0 Å². The minimum Gasteiger partial charge on any atom is -0.385 e. The van der Waals surface area contributed by atoms with Crippen LogP contribution < -0.4 is 0 Å². The summed E-state index contributed by atoms with van der Waals surface area (Å²) in [5.41, 5.74) is -1.13. The van der Waals surface area contributed by atoms with Gasteiger partial charge in [-0.1, -0.05) is 12.1 Å². The molecule has 1 spiro atoms. The highest BCUT2D eigenvalue weighted by Gasteiger charge is 2.44. The molecular formula is C20H26F2O3. The Morgan fingerprint density at radius 1 is 0.880 bits per heavy atom. The Morgan fingerprint density at radius 3 is 2.04 bits per heavy atom. The van der Waals surface area contributed by atoms with E-state index in [4.69, 9.17) is 9.47 Å². The number of aliphatic hydroxyl groups is 1. The van der Waals surface area contributed by atoms with Crippen molar-refractivity contribution in [2.24, 2.45) is 11.8 Å². The average molecular weight is 352 g/mol. The molecule has 1 heterocycles. The van der Waals surface area contributed by atoms with Gasteiger partial charge in [-0.05, 0) is 56.4 Å². The first kappa shape index (κ1) is 17.4. The van der Waals surface area contributed by atoms with E-state index in [0.29, 0.717) is 37.9 Å². The van der Waals surface area contributed by atoms with Gasteiger partial charge in [0, 0.05) is 18.4 Å². The molecule has 1 N–H and O–H groups in total. The quantitative estimate of drug-likeness (QED) is 0.864. The van der Waals surface area contributed by atoms with Crippen LogP contribution in [-0.2, 0) is 15.1 Å². The van der Waals surface area contributed by atoms with Gasteiger partial charge in [-0.15, -0.1) is 0 Å². The predicted octanol–water partition coefficient (Wildman–Crippen LogP) is 4.28. The first-order valence-corrected chi connectivity index (χ1v) is 9.46. The minimum absolute atomic E-state index is 0.112. The van der Waals surface area contributed by atoms with Crippen LogP contribution in [-0.4, -0.2) is 24.1 Å². The smallest absolute Gasteiger partial charge is 0.168 e. The molecule has 0 aromatic heterocycles. The Labute approximate surface area is 147 Å². The van der Waals surface area contributed by atoms with Crippen molar-refractivity contribution >= 4 is 0 Å². The molecule has 2 aliphatic carbocycles. The fraction of sp³-hybridized carbons (Fsp3) is 0.700. The summed E-state index contributed by atoms with van der Waals surface area (Å²) in [6, 6.07) is 4.08. The second kappa shape index (κ2) is 6.60. The normalized spacial score (nSPS) is 33.0. The average Bonchev–Trinajstić information content (AvgIpc) is 3.07. The molecule has 5 heteroatoms. The van der Waals surface area contributed by atoms with E-state index in [1.54, 1.807) is 0 Å². The lowest BCUT2D eigenvalue weighted by atomic mass is 9.67. The van der Waals surface area contributed by atoms with Crippen molar-refractivity contribution in [3.8, 4) is 0 Å². The third kappa shape index (κ3) is 3.22. The van der Waals surface area contributed by atoms with E-state index in [-0.39, 0.29) is 11.4 Å². The number of hydrogen-bond donors (Lipinski definition) is 1. The molecule has 0 unspecified atom stereocenters. The lowest BCUT2D eigenvalue weighted by molar-refractivity contribution is -0.186. The fourth-order valence-electron chi connectivity index (χ4n) is 5.06. The summed E-state index contributed by atoms with van der Waals surface area (Å²) in [4.78, 5) is 0. The molecule has 3 nitrogen and oxygen atoms in total. The Balaban J connectivity index is 1.37. The maximum Gasteiger partial charge on any atom is 0.168 e. The maximum absolute atomic E-state index is 14.1. The molecule has 25 heavy (non-hydrogen) atoms. The van der Waals surface area contributed by atoms with Crippen LogP contribution in [0.15, 0.2) is 18.2 Å². The van der Waals surface area contributed by atoms with Gasteiger partial charge in [0.15, 0.2) is 17.4 Å². The molecule has 0 atom stereocenters. The van der Waals surface area contributed by atoms with Crippen molar-refractivity contribution in [2.45, 2.75) is 62.8 Å². The zero-order valence-electron chi connectivity index (χ0n) is 14.5. The summed E-state index contributed by atoms with van der Waals surface area (Å²) < 4.78 is 39.2. The maximum atomic E-state index is 14.1. The lowest BCUT2D eigenvalue weighted by Crippen LogP contribution is -2.39. The van der Waals surface area contributed by atoms with E-state index in [1.165, 1.54) is 12.1 Å². The van der Waals surface area contributed by atoms with Gasteiger partial charge in [-0.25, -0.2) is 8.78 Å². The second-order valence-corrected chi connectivity index (χ2v) is 7.92. The Bertz CT molecular complexity index is 609. The number of benzene rings is 1. The molecule has 3 fully saturated rings. The zero-order valence-corrected chi connectivity index (χ0v) is 14.5. The lowest BCUT2D eigenvalue weighted by Gasteiger charge is -2.43. The van der Waals surface area contributed by atoms with Crippen molar-refractivity contribution in [2.75, 3.05) is 13.2 Å². The van der Waals surface area contributed by atoms with E-state index >= 15 is 0 Å². The first-order chi connectivity index (χ1) is 12.0. The van der Waals surface area contributed by atoms with Crippen LogP contribution in [0.4, 0.5) is 8.78 Å². The van der Waals surface area contributed by atoms with E-state index < -0.39 is 17.2 Å². The molecule has 1 aliphatic heterocycles. The van der Waals surface area contributed by atoms with E-state index in [1.807, 2.05) is 0 Å². The number of ether oxygens (including phenoxy) is 2. The summed E-state index contributed by atoms with van der Waals surface area (Å²) in [5, 5.41) is 10.9. The molecule has 1 saturated heterocycles. The molecule has 0 amide bonds. The molecule has 4 rings (SSSR count). The number of hydrogen-bond acceptors (Lipinski definition) is 3. The van der Waals surface area contributed by atoms with Crippen molar-refractivity contribution < 1.29 is 23.4 Å². The molecule has 1 aromatic carbocycles. The standard InChI is InChI=1S/C20H26F2O3/c21-17-3-1-2-16(18(17)22)19(23)8-4-14(5-9-19)15-6-10-20(11-7-15)24-12-13-25-20/h1-3,14-15,23H,4-13H2. The van der Waals surface area contributed by atoms with Gasteiger partial charge in [0.25, 0.3) is 0 Å². The molecule has 138 valence electrons. The predicted molar refractivity (Wildman–Crippen MR) is 88.8 cm³/mol. The molecule has 0 bridgehead atoms. The van der Waals surface area contributed by atoms with Crippen LogP contribution in [0.1, 0.15) is 56.9 Å². The van der Waals surface area contributed by atoms with Crippen LogP contribution in [0.25, 0.3) is 0 Å². The van der Waals surface area contributed by atoms with Crippen molar-refractivity contribution in [1.82, 2.24) is 0 Å². The zero-order chi connectivity index (χ0) is 17.5. The SMILES string of the molecule is OC1(c2cccc(F)c2F)CCC(C2CCC3(CC2)OCCO3)CC1. The summed E-state index contributed by atoms with van der Waals surface area (Å²) >= 11 is 0. The molecule has 2 saturated carbocycles. The van der Waals surface area contributed by atoms with Crippen LogP contribution in [0, 0.1) is 23.5 Å². The van der Waals surface area contributed by atoms with Gasteiger partial charge in [0.2, 0.25) is 0 Å². The van der Waals surface area contributed by atoms with Crippen LogP contribution in [0.5, 0.6) is 0 Å². The highest BCUT2D eigenvalue weighted by molar-refractivity contribution is 5.26. The van der Waals surface area contributed by atoms with Gasteiger partial charge in [-0.2, -0.15) is 0 Å². The second-order valence-electron chi connectivity index (χ2n) is 7.92. The number of halogens is 2. The van der Waals surface area contributed by atoms with Crippen molar-refractivity contribution in [1.29, 1.82) is 0 Å². The van der Waals surface area contributed by atoms with Gasteiger partial charge in [0.1, 0.15) is 0 Å². The first-order valence-electron chi connectivity index (χ1n) is 9.46. The summed E-state index contributed by atoms with van der Waals surface area (Å²) in [5.74, 6) is -0.979. The molecule has 1 aromatic rings. The minimum atomic E-state index is -1.24. The van der Waals surface area contributed by atoms with E-state index in [2.05, 4.69) is 0 Å². The fourth-order valence-corrected chi connectivity index (χ4v) is 5.06. The third-order valence-electron chi connectivity index (χ3n) is 6.58. The Kier molecular flexibility index (Phi) is 4.59. The third-order valence-corrected chi connectivity index (χ3v) is 6.58.